The van der Waals surface area contributed by atoms with Crippen LogP contribution < -0.4 is 14.8 Å². The van der Waals surface area contributed by atoms with Gasteiger partial charge in [0.2, 0.25) is 0 Å². The van der Waals surface area contributed by atoms with Gasteiger partial charge in [0.25, 0.3) is 0 Å². The second-order valence-corrected chi connectivity index (χ2v) is 7.67. The number of rotatable bonds is 5. The molecule has 0 aliphatic carbocycles. The third kappa shape index (κ3) is 3.73. The molecule has 2 aliphatic heterocycles. The third-order valence-corrected chi connectivity index (χ3v) is 5.64. The second kappa shape index (κ2) is 8.07. The van der Waals surface area contributed by atoms with Gasteiger partial charge in [-0.3, -0.25) is 0 Å². The Labute approximate surface area is 181 Å². The van der Waals surface area contributed by atoms with Crippen molar-refractivity contribution in [2.45, 2.75) is 24.5 Å². The molecule has 2 saturated heterocycles. The first kappa shape index (κ1) is 20.2. The van der Waals surface area contributed by atoms with Gasteiger partial charge < -0.3 is 24.3 Å². The maximum Gasteiger partial charge on any atom is 0.164 e. The smallest absolute Gasteiger partial charge is 0.164 e. The Morgan fingerprint density at radius 1 is 1.10 bits per heavy atom. The summed E-state index contributed by atoms with van der Waals surface area (Å²) in [6.45, 7) is 0.217. The number of benzene rings is 2. The van der Waals surface area contributed by atoms with E-state index in [-0.39, 0.29) is 18.2 Å². The lowest BCUT2D eigenvalue weighted by Crippen LogP contribution is -2.33. The normalized spacial score (nSPS) is 24.9. The van der Waals surface area contributed by atoms with E-state index in [0.717, 1.165) is 0 Å². The molecule has 2 aliphatic rings. The van der Waals surface area contributed by atoms with Crippen LogP contribution >= 0.6 is 11.6 Å². The number of alkyl halides is 1. The van der Waals surface area contributed by atoms with Gasteiger partial charge in [-0.1, -0.05) is 11.6 Å². The molecule has 0 saturated carbocycles. The summed E-state index contributed by atoms with van der Waals surface area (Å²) >= 11 is 6.12. The summed E-state index contributed by atoms with van der Waals surface area (Å²) in [5.74, 6) is 0.899. The second-order valence-electron chi connectivity index (χ2n) is 7.26. The van der Waals surface area contributed by atoms with Crippen LogP contribution in [0.4, 0.5) is 20.3 Å². The van der Waals surface area contributed by atoms with Crippen molar-refractivity contribution < 1.29 is 27.7 Å². The molecule has 0 radical (unpaired) electrons. The van der Waals surface area contributed by atoms with Gasteiger partial charge in [0.15, 0.2) is 23.8 Å². The van der Waals surface area contributed by atoms with E-state index in [9.17, 15) is 8.78 Å². The molecule has 0 bridgehead atoms. The number of fused-ring (bicyclic) bond motifs is 2. The van der Waals surface area contributed by atoms with Gasteiger partial charge in [0.05, 0.1) is 36.6 Å². The highest BCUT2D eigenvalue weighted by atomic mass is 35.5. The van der Waals surface area contributed by atoms with E-state index in [1.54, 1.807) is 12.1 Å². The standard InChI is InChI=1S/C21H18ClF2N3O4/c1-28-16-5-11-15(6-17(16)31-18-8-30-19-13(24)7-29-20(18)19)25-9-26-21(11)27-14-3-2-10(23)4-12(14)22/h2-6,9,13,18-20H,7-8H2,1H3,(H,25,26,27)/t13-,18?,19+,20+/m1/s1. The molecule has 3 heterocycles. The summed E-state index contributed by atoms with van der Waals surface area (Å²) in [7, 11) is 1.51. The molecule has 3 aromatic rings. The lowest BCUT2D eigenvalue weighted by Gasteiger charge is -2.20. The van der Waals surface area contributed by atoms with Gasteiger partial charge >= 0.3 is 0 Å². The molecular formula is C21H18ClF2N3O4. The molecule has 0 spiro atoms. The number of nitrogens with zero attached hydrogens (tertiary/aromatic N) is 2. The number of anilines is 2. The number of methoxy groups -OCH3 is 1. The van der Waals surface area contributed by atoms with Crippen molar-refractivity contribution in [3.8, 4) is 11.5 Å². The molecule has 2 fully saturated rings. The average molecular weight is 450 g/mol. The molecule has 7 nitrogen and oxygen atoms in total. The van der Waals surface area contributed by atoms with Crippen LogP contribution in [0.5, 0.6) is 11.5 Å². The minimum Gasteiger partial charge on any atom is -0.493 e. The molecule has 1 unspecified atom stereocenters. The largest absolute Gasteiger partial charge is 0.493 e. The Morgan fingerprint density at radius 2 is 1.94 bits per heavy atom. The van der Waals surface area contributed by atoms with Crippen LogP contribution in [0.15, 0.2) is 36.7 Å². The number of halogens is 3. The van der Waals surface area contributed by atoms with Crippen LogP contribution in [-0.2, 0) is 9.47 Å². The molecule has 162 valence electrons. The first-order chi connectivity index (χ1) is 15.0. The Kier molecular flexibility index (Phi) is 5.25. The fourth-order valence-corrected chi connectivity index (χ4v) is 4.03. The van der Waals surface area contributed by atoms with Gasteiger partial charge in [0.1, 0.15) is 30.2 Å². The molecule has 2 aromatic carbocycles. The molecule has 1 N–H and O–H groups in total. The molecule has 0 amide bonds. The van der Waals surface area contributed by atoms with Crippen LogP contribution in [0.25, 0.3) is 10.9 Å². The number of hydrogen-bond donors (Lipinski definition) is 1. The van der Waals surface area contributed by atoms with E-state index in [4.69, 9.17) is 30.5 Å². The molecule has 4 atom stereocenters. The molecule has 10 heteroatoms. The average Bonchev–Trinajstić information content (AvgIpc) is 3.33. The van der Waals surface area contributed by atoms with Crippen LogP contribution in [0.3, 0.4) is 0 Å². The zero-order valence-electron chi connectivity index (χ0n) is 16.3. The van der Waals surface area contributed by atoms with E-state index >= 15 is 0 Å². The summed E-state index contributed by atoms with van der Waals surface area (Å²) in [6, 6.07) is 7.47. The third-order valence-electron chi connectivity index (χ3n) is 5.33. The van der Waals surface area contributed by atoms with Crippen molar-refractivity contribution >= 4 is 34.0 Å². The fraction of sp³-hybridized carbons (Fsp3) is 0.333. The minimum absolute atomic E-state index is 0.00174. The highest BCUT2D eigenvalue weighted by molar-refractivity contribution is 6.33. The maximum atomic E-state index is 13.8. The van der Waals surface area contributed by atoms with Crippen molar-refractivity contribution in [1.29, 1.82) is 0 Å². The quantitative estimate of drug-likeness (QED) is 0.629. The van der Waals surface area contributed by atoms with Gasteiger partial charge in [0, 0.05) is 11.5 Å². The highest BCUT2D eigenvalue weighted by Gasteiger charge is 2.49. The summed E-state index contributed by atoms with van der Waals surface area (Å²) in [5, 5.41) is 3.96. The zero-order chi connectivity index (χ0) is 21.5. The maximum absolute atomic E-state index is 13.8. The summed E-state index contributed by atoms with van der Waals surface area (Å²) < 4.78 is 49.8. The van der Waals surface area contributed by atoms with E-state index < -0.39 is 30.3 Å². The molecule has 31 heavy (non-hydrogen) atoms. The predicted molar refractivity (Wildman–Crippen MR) is 110 cm³/mol. The summed E-state index contributed by atoms with van der Waals surface area (Å²) in [5.41, 5.74) is 1.08. The van der Waals surface area contributed by atoms with Crippen LogP contribution in [0, 0.1) is 5.82 Å². The van der Waals surface area contributed by atoms with Crippen LogP contribution in [-0.4, -0.2) is 54.8 Å². The van der Waals surface area contributed by atoms with Gasteiger partial charge in [-0.25, -0.2) is 18.7 Å². The Bertz CT molecular complexity index is 1140. The van der Waals surface area contributed by atoms with Crippen molar-refractivity contribution in [2.24, 2.45) is 0 Å². The SMILES string of the molecule is COc1cc2c(Nc3ccc(F)cc3Cl)ncnc2cc1OC1CO[C@H]2[C@H](F)CO[C@@H]12. The monoisotopic (exact) mass is 449 g/mol. The van der Waals surface area contributed by atoms with Crippen LogP contribution in [0.1, 0.15) is 0 Å². The first-order valence-corrected chi connectivity index (χ1v) is 10.00. The number of aromatic nitrogens is 2. The summed E-state index contributed by atoms with van der Waals surface area (Å²) in [6.07, 6.45) is -1.32. The topological polar surface area (TPSA) is 74.7 Å². The highest BCUT2D eigenvalue weighted by Crippen LogP contribution is 2.38. The Balaban J connectivity index is 1.46. The molecule has 5 rings (SSSR count). The lowest BCUT2D eigenvalue weighted by molar-refractivity contribution is 0.0271. The fourth-order valence-electron chi connectivity index (χ4n) is 3.82. The number of nitrogens with one attached hydrogen (secondary N) is 1. The van der Waals surface area contributed by atoms with Crippen LogP contribution in [0.2, 0.25) is 5.02 Å². The number of ether oxygens (including phenoxy) is 4. The van der Waals surface area contributed by atoms with Crippen molar-refractivity contribution in [2.75, 3.05) is 25.6 Å². The Hall–Kier alpha value is -2.75. The van der Waals surface area contributed by atoms with E-state index in [1.807, 2.05) is 0 Å². The zero-order valence-corrected chi connectivity index (χ0v) is 17.1. The number of hydrogen-bond acceptors (Lipinski definition) is 7. The van der Waals surface area contributed by atoms with Crippen molar-refractivity contribution in [3.05, 3.63) is 47.5 Å². The Morgan fingerprint density at radius 3 is 2.74 bits per heavy atom. The predicted octanol–water partition coefficient (Wildman–Crippen LogP) is 4.06. The molecular weight excluding hydrogens is 432 g/mol. The van der Waals surface area contributed by atoms with E-state index in [2.05, 4.69) is 15.3 Å². The molecule has 1 aromatic heterocycles. The van der Waals surface area contributed by atoms with Gasteiger partial charge in [-0.05, 0) is 24.3 Å². The van der Waals surface area contributed by atoms with Gasteiger partial charge in [-0.15, -0.1) is 0 Å². The minimum atomic E-state index is -1.16. The summed E-state index contributed by atoms with van der Waals surface area (Å²) in [4.78, 5) is 8.58. The first-order valence-electron chi connectivity index (χ1n) is 9.62. The van der Waals surface area contributed by atoms with Crippen molar-refractivity contribution in [1.82, 2.24) is 9.97 Å². The van der Waals surface area contributed by atoms with Crippen molar-refractivity contribution in [3.63, 3.8) is 0 Å². The van der Waals surface area contributed by atoms with E-state index in [1.165, 1.54) is 31.6 Å². The lowest BCUT2D eigenvalue weighted by atomic mass is 10.1. The van der Waals surface area contributed by atoms with E-state index in [0.29, 0.717) is 33.9 Å². The van der Waals surface area contributed by atoms with Gasteiger partial charge in [-0.2, -0.15) is 0 Å².